The van der Waals surface area contributed by atoms with Crippen LogP contribution < -0.4 is 15.4 Å². The quantitative estimate of drug-likeness (QED) is 0.763. The lowest BCUT2D eigenvalue weighted by atomic mass is 10.3. The molecule has 0 unspecified atom stereocenters. The van der Waals surface area contributed by atoms with Crippen molar-refractivity contribution < 1.29 is 4.74 Å². The minimum Gasteiger partial charge on any atom is -0.478 e. The van der Waals surface area contributed by atoms with Crippen LogP contribution in [0.3, 0.4) is 0 Å². The SMILES string of the molecule is CCCN(CCCN)c1nc(C)cc(OCC)n1. The van der Waals surface area contributed by atoms with Gasteiger partial charge >= 0.3 is 0 Å². The molecule has 0 aromatic carbocycles. The molecule has 5 nitrogen and oxygen atoms in total. The van der Waals surface area contributed by atoms with Crippen LogP contribution in [0.15, 0.2) is 6.07 Å². The number of aromatic nitrogens is 2. The van der Waals surface area contributed by atoms with Crippen molar-refractivity contribution in [1.82, 2.24) is 9.97 Å². The smallest absolute Gasteiger partial charge is 0.228 e. The van der Waals surface area contributed by atoms with E-state index in [0.29, 0.717) is 19.0 Å². The standard InChI is InChI=1S/C13H24N4O/c1-4-8-17(9-6-7-14)13-15-11(3)10-12(16-13)18-5-2/h10H,4-9,14H2,1-3H3. The molecule has 0 fully saturated rings. The molecule has 102 valence electrons. The third-order valence-corrected chi connectivity index (χ3v) is 2.52. The lowest BCUT2D eigenvalue weighted by Crippen LogP contribution is -2.29. The summed E-state index contributed by atoms with van der Waals surface area (Å²) in [6, 6.07) is 1.86. The second-order valence-electron chi connectivity index (χ2n) is 4.21. The molecule has 5 heteroatoms. The average Bonchev–Trinajstić information content (AvgIpc) is 2.34. The molecule has 2 N–H and O–H groups in total. The average molecular weight is 252 g/mol. The first-order chi connectivity index (χ1) is 8.71. The number of hydrogen-bond donors (Lipinski definition) is 1. The summed E-state index contributed by atoms with van der Waals surface area (Å²) in [5.74, 6) is 1.39. The van der Waals surface area contributed by atoms with Gasteiger partial charge < -0.3 is 15.4 Å². The zero-order valence-electron chi connectivity index (χ0n) is 11.6. The molecule has 1 rings (SSSR count). The summed E-state index contributed by atoms with van der Waals surface area (Å²) in [7, 11) is 0. The second-order valence-corrected chi connectivity index (χ2v) is 4.21. The largest absolute Gasteiger partial charge is 0.478 e. The van der Waals surface area contributed by atoms with Crippen LogP contribution in [0.25, 0.3) is 0 Å². The van der Waals surface area contributed by atoms with Crippen molar-refractivity contribution in [2.75, 3.05) is 31.1 Å². The number of nitrogens with two attached hydrogens (primary N) is 1. The second kappa shape index (κ2) is 7.87. The first-order valence-electron chi connectivity index (χ1n) is 6.64. The van der Waals surface area contributed by atoms with E-state index in [1.165, 1.54) is 0 Å². The molecule has 18 heavy (non-hydrogen) atoms. The molecule has 1 heterocycles. The molecule has 0 atom stereocenters. The molecule has 0 aliphatic carbocycles. The molecule has 0 amide bonds. The maximum absolute atomic E-state index is 5.57. The number of ether oxygens (including phenoxy) is 1. The number of hydrogen-bond acceptors (Lipinski definition) is 5. The summed E-state index contributed by atoms with van der Waals surface area (Å²) in [5.41, 5.74) is 6.49. The van der Waals surface area contributed by atoms with Gasteiger partial charge in [-0.2, -0.15) is 4.98 Å². The minimum atomic E-state index is 0.618. The molecule has 0 spiro atoms. The van der Waals surface area contributed by atoms with Crippen LogP contribution in [-0.4, -0.2) is 36.2 Å². The van der Waals surface area contributed by atoms with E-state index in [1.807, 2.05) is 19.9 Å². The van der Waals surface area contributed by atoms with E-state index in [-0.39, 0.29) is 0 Å². The first-order valence-corrected chi connectivity index (χ1v) is 6.64. The van der Waals surface area contributed by atoms with E-state index in [1.54, 1.807) is 0 Å². The molecule has 0 bridgehead atoms. The van der Waals surface area contributed by atoms with Crippen LogP contribution in [-0.2, 0) is 0 Å². The number of rotatable bonds is 8. The van der Waals surface area contributed by atoms with Gasteiger partial charge in [0, 0.05) is 24.8 Å². The van der Waals surface area contributed by atoms with Crippen LogP contribution in [0, 0.1) is 6.92 Å². The van der Waals surface area contributed by atoms with E-state index < -0.39 is 0 Å². The Labute approximate surface area is 109 Å². The van der Waals surface area contributed by atoms with Crippen LogP contribution in [0.4, 0.5) is 5.95 Å². The summed E-state index contributed by atoms with van der Waals surface area (Å²) in [6.07, 6.45) is 2.01. The fraction of sp³-hybridized carbons (Fsp3) is 0.692. The number of aryl methyl sites for hydroxylation is 1. The summed E-state index contributed by atoms with van der Waals surface area (Å²) in [5, 5.41) is 0. The topological polar surface area (TPSA) is 64.3 Å². The minimum absolute atomic E-state index is 0.618. The van der Waals surface area contributed by atoms with Crippen LogP contribution >= 0.6 is 0 Å². The van der Waals surface area contributed by atoms with Crippen LogP contribution in [0.2, 0.25) is 0 Å². The lowest BCUT2D eigenvalue weighted by Gasteiger charge is -2.22. The van der Waals surface area contributed by atoms with Gasteiger partial charge in [0.05, 0.1) is 6.61 Å². The normalized spacial score (nSPS) is 10.4. The summed E-state index contributed by atoms with van der Waals surface area (Å²) < 4.78 is 5.46. The summed E-state index contributed by atoms with van der Waals surface area (Å²) >= 11 is 0. The van der Waals surface area contributed by atoms with Gasteiger partial charge in [-0.05, 0) is 33.2 Å². The molecular weight excluding hydrogens is 228 g/mol. The Morgan fingerprint density at radius 1 is 1.28 bits per heavy atom. The molecule has 0 radical (unpaired) electrons. The molecule has 1 aromatic heterocycles. The Balaban J connectivity index is 2.87. The van der Waals surface area contributed by atoms with Crippen molar-refractivity contribution in [1.29, 1.82) is 0 Å². The molecule has 0 aliphatic rings. The Morgan fingerprint density at radius 3 is 2.67 bits per heavy atom. The van der Waals surface area contributed by atoms with Crippen molar-refractivity contribution in [3.63, 3.8) is 0 Å². The van der Waals surface area contributed by atoms with Gasteiger partial charge in [0.25, 0.3) is 0 Å². The highest BCUT2D eigenvalue weighted by molar-refractivity contribution is 5.34. The molecule has 0 saturated heterocycles. The fourth-order valence-electron chi connectivity index (χ4n) is 1.75. The zero-order valence-corrected chi connectivity index (χ0v) is 11.6. The van der Waals surface area contributed by atoms with Gasteiger partial charge in [0.15, 0.2) is 0 Å². The summed E-state index contributed by atoms with van der Waals surface area (Å²) in [4.78, 5) is 11.1. The van der Waals surface area contributed by atoms with Crippen LogP contribution in [0.5, 0.6) is 5.88 Å². The molecular formula is C13H24N4O. The Bertz CT molecular complexity index is 357. The van der Waals surface area contributed by atoms with Crippen molar-refractivity contribution >= 4 is 5.95 Å². The summed E-state index contributed by atoms with van der Waals surface area (Å²) in [6.45, 7) is 9.19. The highest BCUT2D eigenvalue weighted by Crippen LogP contribution is 2.16. The van der Waals surface area contributed by atoms with E-state index >= 15 is 0 Å². The predicted octanol–water partition coefficient (Wildman–Crippen LogP) is 1.75. The van der Waals surface area contributed by atoms with Gasteiger partial charge in [-0.1, -0.05) is 6.92 Å². The van der Waals surface area contributed by atoms with E-state index in [2.05, 4.69) is 21.8 Å². The monoisotopic (exact) mass is 252 g/mol. The maximum Gasteiger partial charge on any atom is 0.228 e. The van der Waals surface area contributed by atoms with Gasteiger partial charge in [-0.25, -0.2) is 4.98 Å². The van der Waals surface area contributed by atoms with Crippen molar-refractivity contribution in [2.24, 2.45) is 5.73 Å². The van der Waals surface area contributed by atoms with Gasteiger partial charge in [0.2, 0.25) is 11.8 Å². The Hall–Kier alpha value is -1.36. The zero-order chi connectivity index (χ0) is 13.4. The van der Waals surface area contributed by atoms with E-state index in [0.717, 1.165) is 37.6 Å². The highest BCUT2D eigenvalue weighted by Gasteiger charge is 2.10. The van der Waals surface area contributed by atoms with Crippen molar-refractivity contribution in [3.05, 3.63) is 11.8 Å². The Kier molecular flexibility index (Phi) is 6.43. The van der Waals surface area contributed by atoms with Crippen molar-refractivity contribution in [3.8, 4) is 5.88 Å². The molecule has 0 aliphatic heterocycles. The third-order valence-electron chi connectivity index (χ3n) is 2.52. The van der Waals surface area contributed by atoms with Gasteiger partial charge in [0.1, 0.15) is 0 Å². The number of nitrogens with zero attached hydrogens (tertiary/aromatic N) is 3. The number of anilines is 1. The first kappa shape index (κ1) is 14.7. The van der Waals surface area contributed by atoms with Gasteiger partial charge in [-0.3, -0.25) is 0 Å². The van der Waals surface area contributed by atoms with Crippen molar-refractivity contribution in [2.45, 2.75) is 33.6 Å². The van der Waals surface area contributed by atoms with Gasteiger partial charge in [-0.15, -0.1) is 0 Å². The Morgan fingerprint density at radius 2 is 2.06 bits per heavy atom. The predicted molar refractivity (Wildman–Crippen MR) is 74.1 cm³/mol. The highest BCUT2D eigenvalue weighted by atomic mass is 16.5. The molecule has 1 aromatic rings. The maximum atomic E-state index is 5.57. The molecule has 0 saturated carbocycles. The van der Waals surface area contributed by atoms with E-state index in [9.17, 15) is 0 Å². The third kappa shape index (κ3) is 4.49. The lowest BCUT2D eigenvalue weighted by molar-refractivity contribution is 0.326. The fourth-order valence-corrected chi connectivity index (χ4v) is 1.75. The van der Waals surface area contributed by atoms with Crippen LogP contribution in [0.1, 0.15) is 32.4 Å². The van der Waals surface area contributed by atoms with E-state index in [4.69, 9.17) is 10.5 Å².